The summed E-state index contributed by atoms with van der Waals surface area (Å²) < 4.78 is 33.2. The first-order chi connectivity index (χ1) is 14.6. The molecule has 0 spiro atoms. The van der Waals surface area contributed by atoms with Crippen molar-refractivity contribution in [1.29, 1.82) is 0 Å². The van der Waals surface area contributed by atoms with Crippen molar-refractivity contribution in [2.45, 2.75) is 30.7 Å². The van der Waals surface area contributed by atoms with Crippen LogP contribution < -0.4 is 16.2 Å². The molecule has 0 amide bonds. The molecule has 31 heavy (non-hydrogen) atoms. The molecule has 1 atom stereocenters. The molecule has 0 unspecified atom stereocenters. The number of guanidine groups is 1. The average Bonchev–Trinajstić information content (AvgIpc) is 2.70. The van der Waals surface area contributed by atoms with Crippen LogP contribution in [0.15, 0.2) is 58.4 Å². The van der Waals surface area contributed by atoms with Crippen molar-refractivity contribution < 1.29 is 17.9 Å². The molecule has 8 nitrogen and oxygen atoms in total. The van der Waals surface area contributed by atoms with Crippen molar-refractivity contribution >= 4 is 50.8 Å². The quantitative estimate of drug-likeness (QED) is 0.164. The molecule has 0 radical (unpaired) electrons. The Kier molecular flexibility index (Phi) is 8.93. The van der Waals surface area contributed by atoms with Gasteiger partial charge in [0.1, 0.15) is 6.04 Å². The van der Waals surface area contributed by atoms with Crippen molar-refractivity contribution in [3.05, 3.63) is 64.7 Å². The van der Waals surface area contributed by atoms with Crippen LogP contribution in [0, 0.1) is 6.92 Å². The van der Waals surface area contributed by atoms with E-state index in [2.05, 4.69) is 9.71 Å². The highest BCUT2D eigenvalue weighted by molar-refractivity contribution is 7.89. The predicted octanol–water partition coefficient (Wildman–Crippen LogP) is 2.27. The number of nitrogens with two attached hydrogens (primary N) is 2. The van der Waals surface area contributed by atoms with E-state index < -0.39 is 22.0 Å². The minimum Gasteiger partial charge on any atom is -0.413 e. The average molecular weight is 483 g/mol. The van der Waals surface area contributed by atoms with E-state index in [1.165, 1.54) is 12.1 Å². The van der Waals surface area contributed by atoms with Gasteiger partial charge in [0, 0.05) is 17.1 Å². The van der Waals surface area contributed by atoms with Crippen molar-refractivity contribution in [1.82, 2.24) is 4.72 Å². The van der Waals surface area contributed by atoms with Crippen LogP contribution in [0.3, 0.4) is 0 Å². The van der Waals surface area contributed by atoms with Crippen LogP contribution >= 0.6 is 23.8 Å². The van der Waals surface area contributed by atoms with Crippen molar-refractivity contribution in [2.24, 2.45) is 16.5 Å². The summed E-state index contributed by atoms with van der Waals surface area (Å²) in [6, 6.07) is 11.4. The van der Waals surface area contributed by atoms with E-state index in [0.717, 1.165) is 5.56 Å². The molecule has 0 heterocycles. The third-order valence-electron chi connectivity index (χ3n) is 4.13. The number of thiocarbonyl (C=S) groups is 1. The summed E-state index contributed by atoms with van der Waals surface area (Å²) in [6.07, 6.45) is 0.436. The molecular weight excluding hydrogens is 460 g/mol. The third-order valence-corrected chi connectivity index (χ3v) is 6.19. The molecule has 0 aliphatic carbocycles. The Morgan fingerprint density at radius 3 is 2.35 bits per heavy atom. The van der Waals surface area contributed by atoms with E-state index in [1.807, 2.05) is 6.92 Å². The van der Waals surface area contributed by atoms with Crippen LogP contribution in [-0.2, 0) is 19.6 Å². The number of carbonyl (C=O) groups excluding carboxylic acids is 1. The van der Waals surface area contributed by atoms with Crippen molar-refractivity contribution in [3.8, 4) is 0 Å². The van der Waals surface area contributed by atoms with Gasteiger partial charge in [-0.3, -0.25) is 4.99 Å². The smallest absolute Gasteiger partial charge is 0.330 e. The molecule has 0 saturated carbocycles. The second kappa shape index (κ2) is 11.2. The Balaban J connectivity index is 2.16. The normalized spacial score (nSPS) is 12.1. The molecule has 2 aromatic rings. The second-order valence-corrected chi connectivity index (χ2v) is 9.17. The SMILES string of the molecule is Cc1ccc(S(=O)(=O)N[C@@H](CCCN=C(N)N)C(=O)OC(=S)c2ccc(Cl)cc2)cc1. The summed E-state index contributed by atoms with van der Waals surface area (Å²) >= 11 is 11.0. The van der Waals surface area contributed by atoms with Gasteiger partial charge in [-0.1, -0.05) is 29.3 Å². The predicted molar refractivity (Wildman–Crippen MR) is 124 cm³/mol. The van der Waals surface area contributed by atoms with Crippen molar-refractivity contribution in [2.75, 3.05) is 6.54 Å². The first-order valence-electron chi connectivity index (χ1n) is 9.24. The molecule has 0 aliphatic rings. The van der Waals surface area contributed by atoms with E-state index >= 15 is 0 Å². The Labute approximate surface area is 191 Å². The number of hydrogen-bond donors (Lipinski definition) is 3. The summed E-state index contributed by atoms with van der Waals surface area (Å²) in [4.78, 5) is 16.6. The van der Waals surface area contributed by atoms with E-state index in [0.29, 0.717) is 17.0 Å². The molecule has 5 N–H and O–H groups in total. The summed E-state index contributed by atoms with van der Waals surface area (Å²) in [5.74, 6) is -0.927. The fourth-order valence-electron chi connectivity index (χ4n) is 2.51. The molecule has 0 saturated heterocycles. The lowest BCUT2D eigenvalue weighted by molar-refractivity contribution is -0.137. The number of carbonyl (C=O) groups is 1. The Morgan fingerprint density at radius 1 is 1.16 bits per heavy atom. The van der Waals surface area contributed by atoms with Gasteiger partial charge < -0.3 is 16.2 Å². The van der Waals surface area contributed by atoms with Gasteiger partial charge >= 0.3 is 5.97 Å². The molecule has 11 heteroatoms. The number of halogens is 1. The second-order valence-electron chi connectivity index (χ2n) is 6.65. The van der Waals surface area contributed by atoms with Gasteiger partial charge in [0.15, 0.2) is 5.96 Å². The minimum atomic E-state index is -3.98. The van der Waals surface area contributed by atoms with Crippen LogP contribution in [0.5, 0.6) is 0 Å². The van der Waals surface area contributed by atoms with Gasteiger partial charge in [0.25, 0.3) is 0 Å². The lowest BCUT2D eigenvalue weighted by atomic mass is 10.1. The van der Waals surface area contributed by atoms with Gasteiger partial charge in [-0.25, -0.2) is 13.2 Å². The fourth-order valence-corrected chi connectivity index (χ4v) is 4.07. The highest BCUT2D eigenvalue weighted by Gasteiger charge is 2.28. The maximum atomic E-state index is 12.8. The Hall–Kier alpha value is -2.53. The molecule has 0 aromatic heterocycles. The van der Waals surface area contributed by atoms with E-state index in [-0.39, 0.29) is 28.9 Å². The number of sulfonamides is 1. The maximum absolute atomic E-state index is 12.8. The number of hydrogen-bond acceptors (Lipinski definition) is 6. The lowest BCUT2D eigenvalue weighted by Crippen LogP contribution is -2.42. The van der Waals surface area contributed by atoms with Crippen LogP contribution in [0.2, 0.25) is 5.02 Å². The topological polar surface area (TPSA) is 137 Å². The van der Waals surface area contributed by atoms with Gasteiger partial charge in [-0.05, 0) is 68.4 Å². The van der Waals surface area contributed by atoms with Gasteiger partial charge in [-0.2, -0.15) is 4.72 Å². The molecule has 0 bridgehead atoms. The number of ether oxygens (including phenoxy) is 1. The number of aryl methyl sites for hydroxylation is 1. The number of nitrogens with zero attached hydrogens (tertiary/aromatic N) is 1. The van der Waals surface area contributed by atoms with E-state index in [9.17, 15) is 13.2 Å². The number of rotatable bonds is 9. The summed E-state index contributed by atoms with van der Waals surface area (Å²) in [6.45, 7) is 2.06. The fraction of sp³-hybridized carbons (Fsp3) is 0.250. The monoisotopic (exact) mass is 482 g/mol. The number of esters is 1. The van der Waals surface area contributed by atoms with Crippen LogP contribution in [0.1, 0.15) is 24.0 Å². The summed E-state index contributed by atoms with van der Waals surface area (Å²) in [5, 5.41) is 0.409. The van der Waals surface area contributed by atoms with E-state index in [1.54, 1.807) is 36.4 Å². The lowest BCUT2D eigenvalue weighted by Gasteiger charge is -2.18. The zero-order valence-corrected chi connectivity index (χ0v) is 19.1. The van der Waals surface area contributed by atoms with Gasteiger partial charge in [0.05, 0.1) is 4.90 Å². The van der Waals surface area contributed by atoms with Gasteiger partial charge in [0.2, 0.25) is 15.1 Å². The molecule has 0 fully saturated rings. The zero-order valence-electron chi connectivity index (χ0n) is 16.7. The van der Waals surface area contributed by atoms with Crippen molar-refractivity contribution in [3.63, 3.8) is 0 Å². The summed E-state index contributed by atoms with van der Waals surface area (Å²) in [7, 11) is -3.98. The standard InChI is InChI=1S/C20H23ClN4O4S2/c1-13-4-10-16(11-5-13)31(27,28)25-17(3-2-12-24-20(22)23)18(26)29-19(30)14-6-8-15(21)9-7-14/h4-11,17,25H,2-3,12H2,1H3,(H4,22,23,24)/t17-/m0/s1. The number of benzene rings is 2. The largest absolute Gasteiger partial charge is 0.413 e. The molecule has 0 aliphatic heterocycles. The Bertz CT molecular complexity index is 1050. The van der Waals surface area contributed by atoms with Gasteiger partial charge in [-0.15, -0.1) is 0 Å². The molecule has 166 valence electrons. The number of nitrogens with one attached hydrogen (secondary N) is 1. The first-order valence-corrected chi connectivity index (χ1v) is 11.5. The van der Waals surface area contributed by atoms with Crippen LogP contribution in [-0.4, -0.2) is 38.0 Å². The Morgan fingerprint density at radius 2 is 1.77 bits per heavy atom. The van der Waals surface area contributed by atoms with E-state index in [4.69, 9.17) is 40.0 Å². The molecule has 2 rings (SSSR count). The minimum absolute atomic E-state index is 0.0281. The zero-order chi connectivity index (χ0) is 23.0. The van der Waals surface area contributed by atoms with Crippen LogP contribution in [0.25, 0.3) is 0 Å². The third kappa shape index (κ3) is 7.91. The highest BCUT2D eigenvalue weighted by Crippen LogP contribution is 2.15. The maximum Gasteiger partial charge on any atom is 0.330 e. The molecular formula is C20H23ClN4O4S2. The highest BCUT2D eigenvalue weighted by atomic mass is 35.5. The first kappa shape index (κ1) is 24.7. The summed E-state index contributed by atoms with van der Waals surface area (Å²) in [5.41, 5.74) is 12.0. The number of aliphatic imine (C=N–C) groups is 1. The van der Waals surface area contributed by atoms with Crippen LogP contribution in [0.4, 0.5) is 0 Å². The molecule has 2 aromatic carbocycles.